The Morgan fingerprint density at radius 2 is 1.54 bits per heavy atom. The normalized spacial score (nSPS) is 7.15. The van der Waals surface area contributed by atoms with Gasteiger partial charge in [-0.05, 0) is 24.3 Å². The zero-order chi connectivity index (χ0) is 7.56. The number of carbonyl (C=O) groups is 1. The Kier molecular flexibility index (Phi) is 12.3. The number of hydrogen-bond acceptors (Lipinski definition) is 1. The molecule has 1 N–H and O–H groups in total. The van der Waals surface area contributed by atoms with E-state index in [1.54, 1.807) is 0 Å². The number of rotatable bonds is 1. The van der Waals surface area contributed by atoms with Gasteiger partial charge in [-0.1, -0.05) is 0 Å². The molecule has 2 nitrogen and oxygen atoms in total. The van der Waals surface area contributed by atoms with Crippen molar-refractivity contribution in [2.45, 2.75) is 0 Å². The van der Waals surface area contributed by atoms with E-state index >= 15 is 0 Å². The van der Waals surface area contributed by atoms with Crippen LogP contribution in [0, 0.1) is 5.82 Å². The molecule has 0 heterocycles. The van der Waals surface area contributed by atoms with Crippen molar-refractivity contribution in [3.05, 3.63) is 35.6 Å². The van der Waals surface area contributed by atoms with Crippen molar-refractivity contribution in [1.82, 2.24) is 0 Å². The third-order valence-electron chi connectivity index (χ3n) is 1.09. The second-order valence-electron chi connectivity index (χ2n) is 1.81. The monoisotopic (exact) mass is 234 g/mol. The van der Waals surface area contributed by atoms with Gasteiger partial charge in [0.15, 0.2) is 0 Å². The van der Waals surface area contributed by atoms with Gasteiger partial charge < -0.3 is 29.9 Å². The van der Waals surface area contributed by atoms with E-state index in [0.29, 0.717) is 0 Å². The summed E-state index contributed by atoms with van der Waals surface area (Å²) in [6, 6.07) is 4.67. The molecule has 0 unspecified atom stereocenters. The first-order chi connectivity index (χ1) is 4.70. The Bertz CT molecular complexity index is 253. The van der Waals surface area contributed by atoms with Gasteiger partial charge in [0.2, 0.25) is 0 Å². The Hall–Kier alpha value is -0.0338. The average Bonchev–Trinajstić information content (AvgIpc) is 1.88. The van der Waals surface area contributed by atoms with E-state index in [1.807, 2.05) is 0 Å². The average molecular weight is 235 g/mol. The van der Waals surface area contributed by atoms with Crippen LogP contribution >= 0.6 is 0 Å². The summed E-state index contributed by atoms with van der Waals surface area (Å²) >= 11 is 0. The summed E-state index contributed by atoms with van der Waals surface area (Å²) in [7, 11) is 0. The Labute approximate surface area is 103 Å². The van der Waals surface area contributed by atoms with Crippen LogP contribution in [-0.4, -0.2) is 34.1 Å². The van der Waals surface area contributed by atoms with Crippen molar-refractivity contribution < 1.29 is 39.1 Å². The molecule has 0 saturated heterocycles. The molecule has 0 atom stereocenters. The maximum Gasteiger partial charge on any atom is 2.00 e. The van der Waals surface area contributed by atoms with E-state index in [0.717, 1.165) is 12.1 Å². The molecule has 1 rings (SSSR count). The van der Waals surface area contributed by atoms with Crippen LogP contribution in [0.1, 0.15) is 10.4 Å². The molecule has 1 aromatic rings. The van der Waals surface area contributed by atoms with Crippen LogP contribution in [-0.2, 0) is 0 Å². The van der Waals surface area contributed by atoms with Crippen LogP contribution in [0.3, 0.4) is 0 Å². The molecule has 68 valence electrons. The van der Waals surface area contributed by atoms with E-state index in [4.69, 9.17) is 5.11 Å². The standard InChI is InChI=1S/C7H5FO2.2ClH.Mg/c8-6-3-1-5(2-4-6)7(9)10;;;/h1-4H,(H,9,10);2*1H;/q;;;+2/p-2. The van der Waals surface area contributed by atoms with Crippen molar-refractivity contribution in [1.29, 1.82) is 0 Å². The summed E-state index contributed by atoms with van der Waals surface area (Å²) < 4.78 is 12.2. The first kappa shape index (κ1) is 18.7. The van der Waals surface area contributed by atoms with E-state index in [2.05, 4.69) is 0 Å². The van der Waals surface area contributed by atoms with Crippen molar-refractivity contribution in [2.24, 2.45) is 0 Å². The van der Waals surface area contributed by atoms with Gasteiger partial charge in [0.05, 0.1) is 5.56 Å². The molecule has 0 radical (unpaired) electrons. The molecule has 0 aliphatic heterocycles. The molecule has 0 aliphatic carbocycles. The summed E-state index contributed by atoms with van der Waals surface area (Å²) in [4.78, 5) is 10.2. The largest absolute Gasteiger partial charge is 2.00 e. The van der Waals surface area contributed by atoms with E-state index < -0.39 is 11.8 Å². The van der Waals surface area contributed by atoms with E-state index in [1.165, 1.54) is 12.1 Å². The topological polar surface area (TPSA) is 37.3 Å². The molecule has 0 amide bonds. The minimum atomic E-state index is -1.04. The summed E-state index contributed by atoms with van der Waals surface area (Å²) in [6.07, 6.45) is 0. The van der Waals surface area contributed by atoms with Gasteiger partial charge in [-0.25, -0.2) is 9.18 Å². The summed E-state index contributed by atoms with van der Waals surface area (Å²) in [5, 5.41) is 8.35. The van der Waals surface area contributed by atoms with Crippen molar-refractivity contribution in [2.75, 3.05) is 0 Å². The fraction of sp³-hybridized carbons (Fsp3) is 0. The predicted molar refractivity (Wildman–Crippen MR) is 39.1 cm³/mol. The SMILES string of the molecule is O=C(O)c1ccc(F)cc1.[Cl-].[Cl-].[Mg+2]. The number of benzene rings is 1. The van der Waals surface area contributed by atoms with Crippen molar-refractivity contribution in [3.8, 4) is 0 Å². The van der Waals surface area contributed by atoms with Crippen molar-refractivity contribution >= 4 is 29.0 Å². The third kappa shape index (κ3) is 6.09. The van der Waals surface area contributed by atoms with Crippen LogP contribution in [0.25, 0.3) is 0 Å². The van der Waals surface area contributed by atoms with Crippen LogP contribution in [0.15, 0.2) is 24.3 Å². The molecule has 0 fully saturated rings. The number of carboxylic acids is 1. The van der Waals surface area contributed by atoms with Gasteiger partial charge >= 0.3 is 29.0 Å². The van der Waals surface area contributed by atoms with Gasteiger partial charge in [-0.2, -0.15) is 0 Å². The van der Waals surface area contributed by atoms with Crippen LogP contribution < -0.4 is 24.8 Å². The summed E-state index contributed by atoms with van der Waals surface area (Å²) in [5.41, 5.74) is 0.0985. The van der Waals surface area contributed by atoms with Gasteiger partial charge in [0.25, 0.3) is 0 Å². The fourth-order valence-corrected chi connectivity index (χ4v) is 0.592. The van der Waals surface area contributed by atoms with Gasteiger partial charge in [-0.15, -0.1) is 0 Å². The number of aromatic carboxylic acids is 1. The minimum absolute atomic E-state index is 0. The Morgan fingerprint density at radius 3 is 1.85 bits per heavy atom. The molecular weight excluding hydrogens is 230 g/mol. The Morgan fingerprint density at radius 1 is 1.15 bits per heavy atom. The second kappa shape index (κ2) is 8.56. The number of halogens is 3. The number of carboxylic acid groups (broad SMARTS) is 1. The number of hydrogen-bond donors (Lipinski definition) is 1. The van der Waals surface area contributed by atoms with Crippen LogP contribution in [0.2, 0.25) is 0 Å². The van der Waals surface area contributed by atoms with Gasteiger partial charge in [-0.3, -0.25) is 0 Å². The quantitative estimate of drug-likeness (QED) is 0.496. The van der Waals surface area contributed by atoms with Gasteiger partial charge in [0, 0.05) is 0 Å². The molecule has 1 aromatic carbocycles. The molecule has 0 bridgehead atoms. The third-order valence-corrected chi connectivity index (χ3v) is 1.09. The molecule has 13 heavy (non-hydrogen) atoms. The second-order valence-corrected chi connectivity index (χ2v) is 1.81. The molecular formula is C7H5Cl2FMgO2. The molecule has 0 spiro atoms. The van der Waals surface area contributed by atoms with Gasteiger partial charge in [0.1, 0.15) is 5.82 Å². The molecule has 0 saturated carbocycles. The van der Waals surface area contributed by atoms with E-state index in [-0.39, 0.29) is 53.4 Å². The van der Waals surface area contributed by atoms with Crippen molar-refractivity contribution in [3.63, 3.8) is 0 Å². The van der Waals surface area contributed by atoms with Crippen LogP contribution in [0.5, 0.6) is 0 Å². The van der Waals surface area contributed by atoms with Crippen LogP contribution in [0.4, 0.5) is 4.39 Å². The molecule has 6 heteroatoms. The summed E-state index contributed by atoms with van der Waals surface area (Å²) in [5.74, 6) is -1.47. The zero-order valence-electron chi connectivity index (χ0n) is 6.51. The smallest absolute Gasteiger partial charge is 1.00 e. The predicted octanol–water partition coefficient (Wildman–Crippen LogP) is -4.85. The fourth-order valence-electron chi connectivity index (χ4n) is 0.592. The first-order valence-electron chi connectivity index (χ1n) is 2.69. The zero-order valence-corrected chi connectivity index (χ0v) is 9.43. The summed E-state index contributed by atoms with van der Waals surface area (Å²) in [6.45, 7) is 0. The van der Waals surface area contributed by atoms with E-state index in [9.17, 15) is 9.18 Å². The Balaban J connectivity index is -0.000000333. The molecule has 0 aromatic heterocycles. The molecule has 0 aliphatic rings. The maximum atomic E-state index is 12.2. The minimum Gasteiger partial charge on any atom is -1.00 e. The maximum absolute atomic E-state index is 12.2. The first-order valence-corrected chi connectivity index (χ1v) is 2.69.